The van der Waals surface area contributed by atoms with Crippen LogP contribution in [0.4, 0.5) is 23.2 Å². The monoisotopic (exact) mass is 471 g/mol. The van der Waals surface area contributed by atoms with E-state index in [0.717, 1.165) is 29.8 Å². The summed E-state index contributed by atoms with van der Waals surface area (Å²) in [5.41, 5.74) is -1.91. The number of nitrogens with zero attached hydrogens (tertiary/aromatic N) is 2. The number of imidazole rings is 1. The molecule has 4 aromatic rings. The van der Waals surface area contributed by atoms with E-state index in [-0.39, 0.29) is 17.6 Å². The molecule has 34 heavy (non-hydrogen) atoms. The number of hydrogen-bond acceptors (Lipinski definition) is 3. The van der Waals surface area contributed by atoms with Gasteiger partial charge in [-0.15, -0.1) is 0 Å². The molecular formula is C25H21F4N3O2. The third kappa shape index (κ3) is 4.03. The summed E-state index contributed by atoms with van der Waals surface area (Å²) in [6.45, 7) is 3.56. The van der Waals surface area contributed by atoms with Gasteiger partial charge in [0.1, 0.15) is 5.82 Å². The molecule has 0 fully saturated rings. The van der Waals surface area contributed by atoms with Crippen LogP contribution >= 0.6 is 0 Å². The van der Waals surface area contributed by atoms with Gasteiger partial charge in [-0.3, -0.25) is 4.79 Å². The molecule has 0 saturated carbocycles. The van der Waals surface area contributed by atoms with Crippen molar-refractivity contribution in [2.75, 3.05) is 5.32 Å². The predicted octanol–water partition coefficient (Wildman–Crippen LogP) is 5.55. The van der Waals surface area contributed by atoms with Crippen molar-refractivity contribution < 1.29 is 27.5 Å². The van der Waals surface area contributed by atoms with Crippen molar-refractivity contribution in [2.45, 2.75) is 32.2 Å². The van der Waals surface area contributed by atoms with E-state index in [4.69, 9.17) is 0 Å². The maximum absolute atomic E-state index is 14.2. The number of aryl methyl sites for hydroxylation is 2. The Bertz CT molecular complexity index is 1360. The van der Waals surface area contributed by atoms with Crippen LogP contribution in [-0.2, 0) is 12.1 Å². The molecule has 1 amide bonds. The molecule has 0 spiro atoms. The fourth-order valence-electron chi connectivity index (χ4n) is 3.90. The fraction of sp³-hybridized carbons (Fsp3) is 0.200. The summed E-state index contributed by atoms with van der Waals surface area (Å²) >= 11 is 0. The van der Waals surface area contributed by atoms with Crippen LogP contribution < -0.4 is 5.32 Å². The van der Waals surface area contributed by atoms with Crippen LogP contribution in [0.5, 0.6) is 0 Å². The zero-order valence-corrected chi connectivity index (χ0v) is 18.3. The minimum atomic E-state index is -5.15. The first kappa shape index (κ1) is 23.4. The third-order valence-corrected chi connectivity index (χ3v) is 5.60. The van der Waals surface area contributed by atoms with Gasteiger partial charge in [-0.1, -0.05) is 24.3 Å². The Kier molecular flexibility index (Phi) is 5.91. The van der Waals surface area contributed by atoms with E-state index in [1.807, 2.05) is 13.0 Å². The molecule has 0 aliphatic heterocycles. The summed E-state index contributed by atoms with van der Waals surface area (Å²) < 4.78 is 57.3. The average Bonchev–Trinajstić information content (AvgIpc) is 3.16. The molecule has 2 N–H and O–H groups in total. The van der Waals surface area contributed by atoms with E-state index >= 15 is 0 Å². The molecule has 1 unspecified atom stereocenters. The van der Waals surface area contributed by atoms with Crippen molar-refractivity contribution in [3.63, 3.8) is 0 Å². The first-order valence-corrected chi connectivity index (χ1v) is 10.5. The number of alkyl halides is 3. The van der Waals surface area contributed by atoms with E-state index in [1.54, 1.807) is 25.1 Å². The van der Waals surface area contributed by atoms with Crippen molar-refractivity contribution in [2.24, 2.45) is 0 Å². The molecule has 3 aromatic carbocycles. The van der Waals surface area contributed by atoms with Gasteiger partial charge in [0.25, 0.3) is 5.91 Å². The van der Waals surface area contributed by atoms with Crippen LogP contribution in [0.15, 0.2) is 66.7 Å². The van der Waals surface area contributed by atoms with Crippen molar-refractivity contribution in [1.29, 1.82) is 0 Å². The highest BCUT2D eigenvalue weighted by Gasteiger charge is 2.59. The normalized spacial score (nSPS) is 13.6. The number of carbonyl (C=O) groups is 1. The van der Waals surface area contributed by atoms with Gasteiger partial charge < -0.3 is 15.0 Å². The van der Waals surface area contributed by atoms with Gasteiger partial charge >= 0.3 is 6.18 Å². The second kappa shape index (κ2) is 8.57. The molecule has 0 aliphatic rings. The van der Waals surface area contributed by atoms with Crippen molar-refractivity contribution in [1.82, 2.24) is 9.55 Å². The lowest BCUT2D eigenvalue weighted by Crippen LogP contribution is -2.45. The molecule has 1 aromatic heterocycles. The van der Waals surface area contributed by atoms with Crippen LogP contribution in [0.1, 0.15) is 34.2 Å². The average molecular weight is 471 g/mol. The van der Waals surface area contributed by atoms with Crippen LogP contribution in [0.2, 0.25) is 0 Å². The number of hydrogen-bond donors (Lipinski definition) is 2. The number of benzene rings is 3. The number of halogens is 4. The number of aromatic nitrogens is 2. The number of nitrogens with one attached hydrogen (secondary N) is 1. The first-order valence-electron chi connectivity index (χ1n) is 10.5. The summed E-state index contributed by atoms with van der Waals surface area (Å²) in [6, 6.07) is 15.0. The third-order valence-electron chi connectivity index (χ3n) is 5.60. The Morgan fingerprint density at radius 3 is 2.38 bits per heavy atom. The maximum atomic E-state index is 14.2. The van der Waals surface area contributed by atoms with Gasteiger partial charge in [-0.25, -0.2) is 9.37 Å². The Balaban J connectivity index is 1.82. The minimum Gasteiger partial charge on any atom is -0.370 e. The SMILES string of the molecule is CCn1c(C(O)(c2ccc(F)cc2)C(F)(F)F)nc2cc(C(=O)Nc3cccc(C)c3)ccc21. The summed E-state index contributed by atoms with van der Waals surface area (Å²) in [5.74, 6) is -1.86. The standard InChI is InChI=1S/C25H21F4N3O2/c1-3-32-21-12-7-16(22(33)30-19-6-4-5-15(2)13-19)14-20(21)31-23(32)24(34,25(27,28)29)17-8-10-18(26)11-9-17/h4-14,34H,3H2,1-2H3,(H,30,33). The molecule has 0 bridgehead atoms. The zero-order chi connectivity index (χ0) is 24.7. The van der Waals surface area contributed by atoms with Gasteiger partial charge in [0, 0.05) is 23.4 Å². The second-order valence-electron chi connectivity index (χ2n) is 7.92. The lowest BCUT2D eigenvalue weighted by atomic mass is 9.92. The molecule has 9 heteroatoms. The molecule has 0 saturated heterocycles. The fourth-order valence-corrected chi connectivity index (χ4v) is 3.90. The number of amides is 1. The highest BCUT2D eigenvalue weighted by molar-refractivity contribution is 6.06. The molecule has 0 aliphatic carbocycles. The largest absolute Gasteiger partial charge is 0.428 e. The first-order chi connectivity index (χ1) is 16.0. The van der Waals surface area contributed by atoms with E-state index in [9.17, 15) is 27.5 Å². The summed E-state index contributed by atoms with van der Waals surface area (Å²) in [6.07, 6.45) is -5.15. The molecular weight excluding hydrogens is 450 g/mol. The topological polar surface area (TPSA) is 67.1 Å². The Hall–Kier alpha value is -3.72. The summed E-state index contributed by atoms with van der Waals surface area (Å²) in [4.78, 5) is 16.8. The smallest absolute Gasteiger partial charge is 0.370 e. The highest BCUT2D eigenvalue weighted by Crippen LogP contribution is 2.44. The van der Waals surface area contributed by atoms with Gasteiger partial charge in [0.15, 0.2) is 5.82 Å². The summed E-state index contributed by atoms with van der Waals surface area (Å²) in [5, 5.41) is 13.7. The van der Waals surface area contributed by atoms with Crippen molar-refractivity contribution in [3.8, 4) is 0 Å². The number of anilines is 1. The van der Waals surface area contributed by atoms with E-state index in [1.165, 1.54) is 22.8 Å². The van der Waals surface area contributed by atoms with Crippen LogP contribution in [0, 0.1) is 12.7 Å². The molecule has 176 valence electrons. The molecule has 4 rings (SSSR count). The van der Waals surface area contributed by atoms with Crippen LogP contribution in [0.25, 0.3) is 11.0 Å². The van der Waals surface area contributed by atoms with Gasteiger partial charge in [0.2, 0.25) is 5.60 Å². The van der Waals surface area contributed by atoms with Crippen LogP contribution in [-0.4, -0.2) is 26.7 Å². The second-order valence-corrected chi connectivity index (χ2v) is 7.92. The molecule has 1 heterocycles. The van der Waals surface area contributed by atoms with Crippen molar-refractivity contribution >= 4 is 22.6 Å². The quantitative estimate of drug-likeness (QED) is 0.375. The van der Waals surface area contributed by atoms with Gasteiger partial charge in [0.05, 0.1) is 11.0 Å². The highest BCUT2D eigenvalue weighted by atomic mass is 19.4. The predicted molar refractivity (Wildman–Crippen MR) is 120 cm³/mol. The molecule has 0 radical (unpaired) electrons. The Labute approximate surface area is 192 Å². The number of carbonyl (C=O) groups excluding carboxylic acids is 1. The van der Waals surface area contributed by atoms with E-state index in [0.29, 0.717) is 11.2 Å². The Morgan fingerprint density at radius 2 is 1.76 bits per heavy atom. The number of fused-ring (bicyclic) bond motifs is 1. The molecule has 1 atom stereocenters. The Morgan fingerprint density at radius 1 is 1.06 bits per heavy atom. The number of aliphatic hydroxyl groups is 1. The minimum absolute atomic E-state index is 0.0697. The lowest BCUT2D eigenvalue weighted by molar-refractivity contribution is -0.252. The summed E-state index contributed by atoms with van der Waals surface area (Å²) in [7, 11) is 0. The molecule has 5 nitrogen and oxygen atoms in total. The van der Waals surface area contributed by atoms with Gasteiger partial charge in [-0.05, 0) is 61.9 Å². The lowest BCUT2D eigenvalue weighted by Gasteiger charge is -2.30. The van der Waals surface area contributed by atoms with E-state index < -0.39 is 34.9 Å². The van der Waals surface area contributed by atoms with Crippen LogP contribution in [0.3, 0.4) is 0 Å². The van der Waals surface area contributed by atoms with Gasteiger partial charge in [-0.2, -0.15) is 13.2 Å². The number of rotatable bonds is 5. The van der Waals surface area contributed by atoms with E-state index in [2.05, 4.69) is 10.3 Å². The zero-order valence-electron chi connectivity index (χ0n) is 18.3. The van der Waals surface area contributed by atoms with Crippen molar-refractivity contribution in [3.05, 3.63) is 95.1 Å². The maximum Gasteiger partial charge on any atom is 0.428 e.